The smallest absolute Gasteiger partial charge is 0.232 e. The van der Waals surface area contributed by atoms with Gasteiger partial charge in [-0.05, 0) is 56.5 Å². The number of rotatable bonds is 5. The van der Waals surface area contributed by atoms with Crippen molar-refractivity contribution in [3.63, 3.8) is 0 Å². The fourth-order valence-electron chi connectivity index (χ4n) is 2.83. The van der Waals surface area contributed by atoms with Gasteiger partial charge in [0.15, 0.2) is 0 Å². The Morgan fingerprint density at radius 3 is 2.83 bits per heavy atom. The van der Waals surface area contributed by atoms with E-state index < -0.39 is 0 Å². The zero-order valence-electron chi connectivity index (χ0n) is 13.7. The number of carbonyl (C=O) groups is 1. The summed E-state index contributed by atoms with van der Waals surface area (Å²) >= 11 is 1.54. The number of ether oxygens (including phenoxy) is 1. The Labute approximate surface area is 141 Å². The number of aromatic nitrogens is 1. The van der Waals surface area contributed by atoms with Gasteiger partial charge in [-0.3, -0.25) is 4.79 Å². The SMILES string of the molecule is CCOc1ccc2nc(SCC(=O)N3CCCC3)c(C)cc2c1. The van der Waals surface area contributed by atoms with E-state index in [1.54, 1.807) is 0 Å². The molecule has 1 saturated heterocycles. The zero-order valence-corrected chi connectivity index (χ0v) is 14.5. The first kappa shape index (κ1) is 16.1. The molecule has 2 aromatic rings. The molecule has 2 heterocycles. The maximum Gasteiger partial charge on any atom is 0.232 e. The van der Waals surface area contributed by atoms with Crippen LogP contribution < -0.4 is 4.74 Å². The fraction of sp³-hybridized carbons (Fsp3) is 0.444. The molecule has 1 aromatic heterocycles. The monoisotopic (exact) mass is 330 g/mol. The quantitative estimate of drug-likeness (QED) is 0.785. The van der Waals surface area contributed by atoms with Crippen molar-refractivity contribution in [3.8, 4) is 5.75 Å². The third-order valence-corrected chi connectivity index (χ3v) is 5.11. The molecule has 1 fully saturated rings. The van der Waals surface area contributed by atoms with E-state index in [1.165, 1.54) is 11.8 Å². The molecule has 0 bridgehead atoms. The number of nitrogens with zero attached hydrogens (tertiary/aromatic N) is 2. The molecule has 122 valence electrons. The lowest BCUT2D eigenvalue weighted by Gasteiger charge is -2.15. The van der Waals surface area contributed by atoms with Gasteiger partial charge in [0.25, 0.3) is 0 Å². The van der Waals surface area contributed by atoms with Crippen LogP contribution in [0.4, 0.5) is 0 Å². The van der Waals surface area contributed by atoms with Crippen LogP contribution in [0.25, 0.3) is 10.9 Å². The van der Waals surface area contributed by atoms with Gasteiger partial charge in [0.1, 0.15) is 10.8 Å². The third kappa shape index (κ3) is 3.78. The molecule has 0 spiro atoms. The normalized spacial score (nSPS) is 14.4. The van der Waals surface area contributed by atoms with Crippen LogP contribution in [0, 0.1) is 6.92 Å². The van der Waals surface area contributed by atoms with Gasteiger partial charge < -0.3 is 9.64 Å². The summed E-state index contributed by atoms with van der Waals surface area (Å²) in [4.78, 5) is 18.8. The van der Waals surface area contributed by atoms with Gasteiger partial charge in [-0.15, -0.1) is 0 Å². The number of hydrogen-bond acceptors (Lipinski definition) is 4. The van der Waals surface area contributed by atoms with E-state index in [2.05, 4.69) is 6.07 Å². The highest BCUT2D eigenvalue weighted by Crippen LogP contribution is 2.27. The number of aryl methyl sites for hydroxylation is 1. The molecular weight excluding hydrogens is 308 g/mol. The molecule has 23 heavy (non-hydrogen) atoms. The van der Waals surface area contributed by atoms with Crippen molar-refractivity contribution < 1.29 is 9.53 Å². The second kappa shape index (κ2) is 7.21. The zero-order chi connectivity index (χ0) is 16.2. The minimum absolute atomic E-state index is 0.223. The minimum Gasteiger partial charge on any atom is -0.494 e. The molecular formula is C18H22N2O2S. The Kier molecular flexibility index (Phi) is 5.06. The largest absolute Gasteiger partial charge is 0.494 e. The van der Waals surface area contributed by atoms with Gasteiger partial charge >= 0.3 is 0 Å². The van der Waals surface area contributed by atoms with E-state index >= 15 is 0 Å². The van der Waals surface area contributed by atoms with E-state index in [1.807, 2.05) is 36.9 Å². The van der Waals surface area contributed by atoms with Crippen molar-refractivity contribution in [1.29, 1.82) is 0 Å². The average molecular weight is 330 g/mol. The molecule has 4 nitrogen and oxygen atoms in total. The topological polar surface area (TPSA) is 42.4 Å². The van der Waals surface area contributed by atoms with Gasteiger partial charge in [-0.1, -0.05) is 11.8 Å². The number of pyridine rings is 1. The summed E-state index contributed by atoms with van der Waals surface area (Å²) in [6.45, 7) is 6.49. The summed E-state index contributed by atoms with van der Waals surface area (Å²) in [5.74, 6) is 1.56. The van der Waals surface area contributed by atoms with Crippen LogP contribution >= 0.6 is 11.8 Å². The van der Waals surface area contributed by atoms with E-state index in [0.717, 1.165) is 53.2 Å². The van der Waals surface area contributed by atoms with Crippen molar-refractivity contribution >= 4 is 28.6 Å². The second-order valence-electron chi connectivity index (χ2n) is 5.77. The van der Waals surface area contributed by atoms with Crippen molar-refractivity contribution in [2.24, 2.45) is 0 Å². The van der Waals surface area contributed by atoms with Crippen molar-refractivity contribution in [3.05, 3.63) is 29.8 Å². The number of benzene rings is 1. The molecule has 0 unspecified atom stereocenters. The van der Waals surface area contributed by atoms with E-state index in [-0.39, 0.29) is 5.91 Å². The summed E-state index contributed by atoms with van der Waals surface area (Å²) < 4.78 is 5.54. The molecule has 1 aliphatic heterocycles. The molecule has 0 saturated carbocycles. The van der Waals surface area contributed by atoms with Crippen LogP contribution in [0.5, 0.6) is 5.75 Å². The van der Waals surface area contributed by atoms with Crippen LogP contribution in [0.15, 0.2) is 29.3 Å². The summed E-state index contributed by atoms with van der Waals surface area (Å²) in [5.41, 5.74) is 2.04. The van der Waals surface area contributed by atoms with Crippen LogP contribution in [0.1, 0.15) is 25.3 Å². The number of thioether (sulfide) groups is 1. The van der Waals surface area contributed by atoms with E-state index in [9.17, 15) is 4.79 Å². The summed E-state index contributed by atoms with van der Waals surface area (Å²) in [6.07, 6.45) is 2.26. The Morgan fingerprint density at radius 2 is 2.09 bits per heavy atom. The Morgan fingerprint density at radius 1 is 1.30 bits per heavy atom. The number of amides is 1. The lowest BCUT2D eigenvalue weighted by Crippen LogP contribution is -2.29. The molecule has 3 rings (SSSR count). The maximum absolute atomic E-state index is 12.2. The van der Waals surface area contributed by atoms with Gasteiger partial charge in [-0.2, -0.15) is 0 Å². The molecule has 1 aliphatic rings. The molecule has 0 atom stereocenters. The van der Waals surface area contributed by atoms with Gasteiger partial charge in [0.05, 0.1) is 17.9 Å². The second-order valence-corrected chi connectivity index (χ2v) is 6.74. The number of likely N-dealkylation sites (tertiary alicyclic amines) is 1. The molecule has 5 heteroatoms. The van der Waals surface area contributed by atoms with Crippen LogP contribution in [0.2, 0.25) is 0 Å². The first-order chi connectivity index (χ1) is 11.2. The first-order valence-electron chi connectivity index (χ1n) is 8.12. The average Bonchev–Trinajstić information content (AvgIpc) is 3.07. The highest BCUT2D eigenvalue weighted by molar-refractivity contribution is 7.99. The Bertz CT molecular complexity index is 711. The lowest BCUT2D eigenvalue weighted by molar-refractivity contribution is -0.127. The van der Waals surface area contributed by atoms with Crippen LogP contribution in [0.3, 0.4) is 0 Å². The van der Waals surface area contributed by atoms with Crippen molar-refractivity contribution in [1.82, 2.24) is 9.88 Å². The molecule has 0 N–H and O–H groups in total. The standard InChI is InChI=1S/C18H22N2O2S/c1-3-22-15-6-7-16-14(11-15)10-13(2)18(19-16)23-12-17(21)20-8-4-5-9-20/h6-7,10-11H,3-5,8-9,12H2,1-2H3. The van der Waals surface area contributed by atoms with Crippen molar-refractivity contribution in [2.75, 3.05) is 25.4 Å². The van der Waals surface area contributed by atoms with Crippen LogP contribution in [-0.2, 0) is 4.79 Å². The summed E-state index contributed by atoms with van der Waals surface area (Å²) in [7, 11) is 0. The number of carbonyl (C=O) groups excluding carboxylic acids is 1. The third-order valence-electron chi connectivity index (χ3n) is 4.03. The van der Waals surface area contributed by atoms with Gasteiger partial charge in [-0.25, -0.2) is 4.98 Å². The number of fused-ring (bicyclic) bond motifs is 1. The molecule has 0 radical (unpaired) electrons. The predicted octanol–water partition coefficient (Wildman–Crippen LogP) is 3.66. The predicted molar refractivity (Wildman–Crippen MR) is 94.2 cm³/mol. The highest BCUT2D eigenvalue weighted by atomic mass is 32.2. The Balaban J connectivity index is 1.74. The number of hydrogen-bond donors (Lipinski definition) is 0. The minimum atomic E-state index is 0.223. The van der Waals surface area contributed by atoms with Gasteiger partial charge in [0.2, 0.25) is 5.91 Å². The van der Waals surface area contributed by atoms with E-state index in [4.69, 9.17) is 9.72 Å². The molecule has 1 aromatic carbocycles. The van der Waals surface area contributed by atoms with Crippen LogP contribution in [-0.4, -0.2) is 41.2 Å². The molecule has 1 amide bonds. The Hall–Kier alpha value is -1.75. The summed E-state index contributed by atoms with van der Waals surface area (Å²) in [6, 6.07) is 8.06. The maximum atomic E-state index is 12.2. The van der Waals surface area contributed by atoms with Crippen molar-refractivity contribution in [2.45, 2.75) is 31.7 Å². The van der Waals surface area contributed by atoms with Gasteiger partial charge in [0, 0.05) is 18.5 Å². The summed E-state index contributed by atoms with van der Waals surface area (Å²) in [5, 5.41) is 2.01. The molecule has 0 aliphatic carbocycles. The lowest BCUT2D eigenvalue weighted by atomic mass is 10.1. The van der Waals surface area contributed by atoms with E-state index in [0.29, 0.717) is 12.4 Å². The highest BCUT2D eigenvalue weighted by Gasteiger charge is 2.18. The fourth-order valence-corrected chi connectivity index (χ4v) is 3.73. The first-order valence-corrected chi connectivity index (χ1v) is 9.10.